The molecular weight excluding hydrogens is 478 g/mol. The number of epoxide rings is 1. The topological polar surface area (TPSA) is 151 Å². The van der Waals surface area contributed by atoms with Crippen LogP contribution >= 0.6 is 0 Å². The lowest BCUT2D eigenvalue weighted by molar-refractivity contribution is -0.134. The highest BCUT2D eigenvalue weighted by atomic mass is 16.6. The molecule has 0 radical (unpaired) electrons. The number of hydrogen-bond acceptors (Lipinski definition) is 8. The van der Waals surface area contributed by atoms with Crippen LogP contribution in [0.5, 0.6) is 0 Å². The van der Waals surface area contributed by atoms with Crippen molar-refractivity contribution in [2.45, 2.75) is 64.6 Å². The van der Waals surface area contributed by atoms with Crippen LogP contribution in [-0.4, -0.2) is 64.5 Å². The average Bonchev–Trinajstić information content (AvgIpc) is 3.46. The third kappa shape index (κ3) is 7.80. The highest BCUT2D eigenvalue weighted by Crippen LogP contribution is 2.30. The zero-order chi connectivity index (χ0) is 27.2. The summed E-state index contributed by atoms with van der Waals surface area (Å²) in [5, 5.41) is 18.7. The van der Waals surface area contributed by atoms with Gasteiger partial charge in [0.2, 0.25) is 5.91 Å². The number of carbonyl (C=O) groups is 4. The Morgan fingerprint density at radius 3 is 2.32 bits per heavy atom. The van der Waals surface area contributed by atoms with Crippen LogP contribution in [0.1, 0.15) is 55.4 Å². The Bertz CT molecular complexity index is 1110. The summed E-state index contributed by atoms with van der Waals surface area (Å²) < 4.78 is 10.2. The molecule has 2 amide bonds. The van der Waals surface area contributed by atoms with Gasteiger partial charge in [-0.3, -0.25) is 19.2 Å². The van der Waals surface area contributed by atoms with Gasteiger partial charge in [-0.05, 0) is 38.2 Å². The number of nitrogens with one attached hydrogen (secondary N) is 2. The maximum absolute atomic E-state index is 13.5. The number of benzene rings is 1. The number of hydrogen-bond donors (Lipinski definition) is 3. The van der Waals surface area contributed by atoms with E-state index in [4.69, 9.17) is 9.26 Å². The normalized spacial score (nSPS) is 19.1. The first-order valence-electron chi connectivity index (χ1n) is 12.4. The first-order chi connectivity index (χ1) is 17.5. The maximum atomic E-state index is 13.5. The molecule has 0 unspecified atom stereocenters. The number of amides is 2. The van der Waals surface area contributed by atoms with Gasteiger partial charge in [-0.15, -0.1) is 0 Å². The summed E-state index contributed by atoms with van der Waals surface area (Å²) in [6, 6.07) is 8.63. The Kier molecular flexibility index (Phi) is 9.34. The van der Waals surface area contributed by atoms with Gasteiger partial charge in [0.25, 0.3) is 5.91 Å². The molecule has 1 aromatic heterocycles. The summed E-state index contributed by atoms with van der Waals surface area (Å²) in [6.07, 6.45) is 0.422. The Balaban J connectivity index is 1.75. The van der Waals surface area contributed by atoms with E-state index in [-0.39, 0.29) is 30.2 Å². The van der Waals surface area contributed by atoms with Crippen molar-refractivity contribution < 1.29 is 33.5 Å². The second-order valence-electron chi connectivity index (χ2n) is 10.2. The van der Waals surface area contributed by atoms with Gasteiger partial charge in [-0.2, -0.15) is 0 Å². The van der Waals surface area contributed by atoms with Gasteiger partial charge < -0.3 is 25.0 Å². The number of ketones is 2. The number of aryl methyl sites for hydroxylation is 1. The van der Waals surface area contributed by atoms with Gasteiger partial charge in [0.1, 0.15) is 17.4 Å². The van der Waals surface area contributed by atoms with Gasteiger partial charge in [0.15, 0.2) is 17.3 Å². The minimum Gasteiger partial charge on any atom is -0.394 e. The van der Waals surface area contributed by atoms with Gasteiger partial charge in [0, 0.05) is 18.4 Å². The van der Waals surface area contributed by atoms with Crippen molar-refractivity contribution >= 4 is 23.4 Å². The number of nitrogens with zero attached hydrogens (tertiary/aromatic N) is 1. The molecule has 200 valence electrons. The van der Waals surface area contributed by atoms with Crippen molar-refractivity contribution in [1.29, 1.82) is 0 Å². The SMILES string of the molecule is Cc1cc(C(=O)N[C@@H](CO)C(=O)C[C@@H](Cc2ccccc2)C(=O)N[C@@H](CC(C)C)C(=O)[C@@]2(C)CO2)no1. The molecule has 0 aliphatic carbocycles. The van der Waals surface area contributed by atoms with Crippen LogP contribution in [0.3, 0.4) is 0 Å². The van der Waals surface area contributed by atoms with Crippen LogP contribution in [0.2, 0.25) is 0 Å². The molecule has 10 nitrogen and oxygen atoms in total. The number of Topliss-reactive ketones (excluding diaryl/α,β-unsaturated/α-hetero) is 2. The molecule has 0 bridgehead atoms. The number of ether oxygens (including phenoxy) is 1. The molecule has 1 aliphatic rings. The van der Waals surface area contributed by atoms with Crippen LogP contribution in [-0.2, 0) is 25.5 Å². The van der Waals surface area contributed by atoms with Crippen LogP contribution in [0.25, 0.3) is 0 Å². The first-order valence-corrected chi connectivity index (χ1v) is 12.4. The largest absolute Gasteiger partial charge is 0.394 e. The summed E-state index contributed by atoms with van der Waals surface area (Å²) in [7, 11) is 0. The summed E-state index contributed by atoms with van der Waals surface area (Å²) in [4.78, 5) is 52.0. The van der Waals surface area contributed by atoms with E-state index in [1.165, 1.54) is 6.07 Å². The molecule has 37 heavy (non-hydrogen) atoms. The van der Waals surface area contributed by atoms with E-state index in [1.807, 2.05) is 44.2 Å². The van der Waals surface area contributed by atoms with E-state index in [9.17, 15) is 24.3 Å². The van der Waals surface area contributed by atoms with Crippen molar-refractivity contribution in [1.82, 2.24) is 15.8 Å². The van der Waals surface area contributed by atoms with Gasteiger partial charge >= 0.3 is 0 Å². The monoisotopic (exact) mass is 513 g/mol. The predicted molar refractivity (Wildman–Crippen MR) is 134 cm³/mol. The zero-order valence-corrected chi connectivity index (χ0v) is 21.7. The van der Waals surface area contributed by atoms with Crippen molar-refractivity contribution in [2.24, 2.45) is 11.8 Å². The Labute approximate surface area is 216 Å². The molecule has 1 aromatic carbocycles. The van der Waals surface area contributed by atoms with Crippen LogP contribution in [0.15, 0.2) is 40.9 Å². The van der Waals surface area contributed by atoms with E-state index >= 15 is 0 Å². The molecule has 3 rings (SSSR count). The van der Waals surface area contributed by atoms with E-state index < -0.39 is 47.8 Å². The van der Waals surface area contributed by atoms with Crippen molar-refractivity contribution in [2.75, 3.05) is 13.2 Å². The Morgan fingerprint density at radius 1 is 1.11 bits per heavy atom. The summed E-state index contributed by atoms with van der Waals surface area (Å²) in [5.74, 6) is -2.10. The molecule has 1 aliphatic heterocycles. The fraction of sp³-hybridized carbons (Fsp3) is 0.519. The number of aliphatic hydroxyl groups excluding tert-OH is 1. The van der Waals surface area contributed by atoms with Gasteiger partial charge in [-0.1, -0.05) is 49.3 Å². The third-order valence-electron chi connectivity index (χ3n) is 6.32. The van der Waals surface area contributed by atoms with Gasteiger partial charge in [0.05, 0.1) is 19.3 Å². The molecule has 3 N–H and O–H groups in total. The minimum absolute atomic E-state index is 0.0202. The molecule has 1 saturated heterocycles. The average molecular weight is 514 g/mol. The Morgan fingerprint density at radius 2 is 1.78 bits per heavy atom. The summed E-state index contributed by atoms with van der Waals surface area (Å²) in [6.45, 7) is 6.90. The lowest BCUT2D eigenvalue weighted by Gasteiger charge is -2.25. The minimum atomic E-state index is -1.23. The quantitative estimate of drug-likeness (QED) is 0.323. The molecule has 2 heterocycles. The molecule has 0 saturated carbocycles. The lowest BCUT2D eigenvalue weighted by Crippen LogP contribution is -2.50. The zero-order valence-electron chi connectivity index (χ0n) is 21.7. The van der Waals surface area contributed by atoms with Crippen LogP contribution in [0.4, 0.5) is 0 Å². The van der Waals surface area contributed by atoms with Crippen molar-refractivity contribution in [3.05, 3.63) is 53.4 Å². The molecular formula is C27H35N3O7. The van der Waals surface area contributed by atoms with E-state index in [0.717, 1.165) is 5.56 Å². The molecule has 4 atom stereocenters. The number of carbonyl (C=O) groups excluding carboxylic acids is 4. The fourth-order valence-corrected chi connectivity index (χ4v) is 4.09. The van der Waals surface area contributed by atoms with E-state index in [2.05, 4.69) is 15.8 Å². The highest BCUT2D eigenvalue weighted by molar-refractivity contribution is 5.99. The number of aliphatic hydroxyl groups is 1. The summed E-state index contributed by atoms with van der Waals surface area (Å²) >= 11 is 0. The second-order valence-corrected chi connectivity index (χ2v) is 10.2. The summed E-state index contributed by atoms with van der Waals surface area (Å²) in [5.41, 5.74) is -0.0842. The van der Waals surface area contributed by atoms with Crippen LogP contribution in [0, 0.1) is 18.8 Å². The van der Waals surface area contributed by atoms with Crippen molar-refractivity contribution in [3.8, 4) is 0 Å². The van der Waals surface area contributed by atoms with E-state index in [1.54, 1.807) is 13.8 Å². The molecule has 0 spiro atoms. The van der Waals surface area contributed by atoms with E-state index in [0.29, 0.717) is 18.8 Å². The Hall–Kier alpha value is -3.37. The predicted octanol–water partition coefficient (Wildman–Crippen LogP) is 1.78. The fourth-order valence-electron chi connectivity index (χ4n) is 4.09. The molecule has 1 fully saturated rings. The standard InChI is InChI=1S/C27H35N3O7/c1-16(2)10-20(24(33)27(4)15-36-27)28-25(34)19(12-18-8-6-5-7-9-18)13-23(32)22(14-31)29-26(35)21-11-17(3)37-30-21/h5-9,11,16,19-20,22,31H,10,12-15H2,1-4H3,(H,28,34)(H,29,35)/t19-,20+,22+,27-/m1/s1. The smallest absolute Gasteiger partial charge is 0.274 e. The highest BCUT2D eigenvalue weighted by Gasteiger charge is 2.50. The molecule has 2 aromatic rings. The number of rotatable bonds is 14. The second kappa shape index (κ2) is 12.2. The molecule has 10 heteroatoms. The number of aromatic nitrogens is 1. The maximum Gasteiger partial charge on any atom is 0.274 e. The first kappa shape index (κ1) is 28.2. The van der Waals surface area contributed by atoms with Gasteiger partial charge in [-0.25, -0.2) is 0 Å². The van der Waals surface area contributed by atoms with Crippen molar-refractivity contribution in [3.63, 3.8) is 0 Å². The third-order valence-corrected chi connectivity index (χ3v) is 6.32. The lowest BCUT2D eigenvalue weighted by atomic mass is 9.89. The van der Waals surface area contributed by atoms with Crippen LogP contribution < -0.4 is 10.6 Å².